The van der Waals surface area contributed by atoms with E-state index in [0.717, 1.165) is 61.1 Å². The van der Waals surface area contributed by atoms with Gasteiger partial charge in [-0.2, -0.15) is 0 Å². The van der Waals surface area contributed by atoms with Gasteiger partial charge in [0.05, 0.1) is 18.8 Å². The number of pyridine rings is 2. The number of carbonyl (C=O) groups is 1. The normalized spacial score (nSPS) is 20.3. The summed E-state index contributed by atoms with van der Waals surface area (Å²) >= 11 is 0. The number of rotatable bonds is 6. The van der Waals surface area contributed by atoms with Crippen molar-refractivity contribution in [2.45, 2.75) is 46.1 Å². The lowest BCUT2D eigenvalue weighted by atomic mass is 9.93. The molecule has 7 nitrogen and oxygen atoms in total. The molecule has 0 aliphatic carbocycles. The highest BCUT2D eigenvalue weighted by Crippen LogP contribution is 2.27. The molecule has 1 N–H and O–H groups in total. The van der Waals surface area contributed by atoms with Crippen molar-refractivity contribution in [3.05, 3.63) is 47.4 Å². The van der Waals surface area contributed by atoms with Crippen molar-refractivity contribution in [1.29, 1.82) is 0 Å². The number of anilines is 2. The van der Waals surface area contributed by atoms with Gasteiger partial charge in [-0.25, -0.2) is 4.98 Å². The Morgan fingerprint density at radius 3 is 2.69 bits per heavy atom. The van der Waals surface area contributed by atoms with E-state index < -0.39 is 0 Å². The van der Waals surface area contributed by atoms with Gasteiger partial charge in [0.2, 0.25) is 5.91 Å². The number of nitrogens with one attached hydrogen (secondary N) is 1. The Morgan fingerprint density at radius 2 is 1.94 bits per heavy atom. The van der Waals surface area contributed by atoms with Gasteiger partial charge >= 0.3 is 0 Å². The molecule has 32 heavy (non-hydrogen) atoms. The number of likely N-dealkylation sites (tertiary alicyclic amines) is 1. The summed E-state index contributed by atoms with van der Waals surface area (Å²) in [4.78, 5) is 26.7. The molecule has 0 spiro atoms. The number of carbonyl (C=O) groups excluding carboxylic acids is 1. The third-order valence-corrected chi connectivity index (χ3v) is 6.50. The maximum Gasteiger partial charge on any atom is 0.223 e. The smallest absolute Gasteiger partial charge is 0.223 e. The van der Waals surface area contributed by atoms with E-state index >= 15 is 0 Å². The van der Waals surface area contributed by atoms with E-state index in [0.29, 0.717) is 32.0 Å². The molecule has 0 bridgehead atoms. The van der Waals surface area contributed by atoms with E-state index in [2.05, 4.69) is 22.1 Å². The molecule has 2 aromatic rings. The first-order valence-electron chi connectivity index (χ1n) is 11.8. The van der Waals surface area contributed by atoms with E-state index in [4.69, 9.17) is 9.72 Å². The molecule has 4 rings (SSSR count). The number of hydrogen-bond acceptors (Lipinski definition) is 6. The molecule has 0 unspecified atom stereocenters. The predicted octanol–water partition coefficient (Wildman–Crippen LogP) is 3.86. The van der Waals surface area contributed by atoms with Gasteiger partial charge in [0.15, 0.2) is 0 Å². The Kier molecular flexibility index (Phi) is 7.37. The summed E-state index contributed by atoms with van der Waals surface area (Å²) in [6.07, 6.45) is 2.68. The minimum absolute atomic E-state index is 0.208. The van der Waals surface area contributed by atoms with Gasteiger partial charge in [0.1, 0.15) is 11.9 Å². The molecule has 172 valence electrons. The first kappa shape index (κ1) is 22.7. The summed E-state index contributed by atoms with van der Waals surface area (Å²) in [6, 6.07) is 9.92. The van der Waals surface area contributed by atoms with Gasteiger partial charge in [-0.05, 0) is 76.5 Å². The molecule has 0 radical (unpaired) electrons. The lowest BCUT2D eigenvalue weighted by molar-refractivity contribution is -0.140. The van der Waals surface area contributed by atoms with Gasteiger partial charge in [0.25, 0.3) is 0 Å². The highest BCUT2D eigenvalue weighted by atomic mass is 16.5. The fourth-order valence-electron chi connectivity index (χ4n) is 4.63. The molecule has 2 fully saturated rings. The molecule has 4 heterocycles. The Morgan fingerprint density at radius 1 is 1.12 bits per heavy atom. The third kappa shape index (κ3) is 5.84. The van der Waals surface area contributed by atoms with E-state index in [-0.39, 0.29) is 12.0 Å². The second-order valence-electron chi connectivity index (χ2n) is 8.99. The monoisotopic (exact) mass is 437 g/mol. The Labute approximate surface area is 191 Å². The van der Waals surface area contributed by atoms with E-state index in [1.807, 2.05) is 49.1 Å². The zero-order valence-electron chi connectivity index (χ0n) is 19.5. The maximum atomic E-state index is 13.0. The van der Waals surface area contributed by atoms with Crippen LogP contribution in [0.4, 0.5) is 11.5 Å². The topological polar surface area (TPSA) is 70.6 Å². The van der Waals surface area contributed by atoms with E-state index in [1.54, 1.807) is 0 Å². The summed E-state index contributed by atoms with van der Waals surface area (Å²) < 4.78 is 6.04. The van der Waals surface area contributed by atoms with Crippen molar-refractivity contribution < 1.29 is 9.53 Å². The number of ether oxygens (including phenoxy) is 1. The van der Waals surface area contributed by atoms with Gasteiger partial charge < -0.3 is 19.9 Å². The highest BCUT2D eigenvalue weighted by molar-refractivity contribution is 5.76. The zero-order valence-corrected chi connectivity index (χ0v) is 19.5. The van der Waals surface area contributed by atoms with Gasteiger partial charge in [-0.1, -0.05) is 13.0 Å². The number of nitrogens with zero attached hydrogens (tertiary/aromatic N) is 4. The largest absolute Gasteiger partial charge is 0.368 e. The molecule has 0 aromatic carbocycles. The molecule has 0 saturated carbocycles. The quantitative estimate of drug-likeness (QED) is 0.740. The molecule has 2 saturated heterocycles. The zero-order chi connectivity index (χ0) is 22.5. The van der Waals surface area contributed by atoms with Crippen molar-refractivity contribution in [3.63, 3.8) is 0 Å². The van der Waals surface area contributed by atoms with Crippen LogP contribution in [0.15, 0.2) is 30.3 Å². The molecule has 7 heteroatoms. The van der Waals surface area contributed by atoms with Crippen LogP contribution < -0.4 is 5.32 Å². The minimum atomic E-state index is -0.208. The lowest BCUT2D eigenvalue weighted by Gasteiger charge is -2.35. The van der Waals surface area contributed by atoms with Crippen LogP contribution in [0.5, 0.6) is 0 Å². The van der Waals surface area contributed by atoms with Crippen LogP contribution in [0.2, 0.25) is 0 Å². The Balaban J connectivity index is 1.39. The van der Waals surface area contributed by atoms with Crippen LogP contribution in [0, 0.1) is 19.8 Å². The number of hydrogen-bond donors (Lipinski definition) is 1. The van der Waals surface area contributed by atoms with Crippen molar-refractivity contribution in [2.75, 3.05) is 44.6 Å². The Bertz CT molecular complexity index is 926. The van der Waals surface area contributed by atoms with Crippen LogP contribution in [0.3, 0.4) is 0 Å². The van der Waals surface area contributed by atoms with Crippen LogP contribution in [0.25, 0.3) is 0 Å². The van der Waals surface area contributed by atoms with Crippen LogP contribution in [-0.4, -0.2) is 65.0 Å². The summed E-state index contributed by atoms with van der Waals surface area (Å²) in [5.41, 5.74) is 3.66. The molecular weight excluding hydrogens is 402 g/mol. The molecule has 2 aromatic heterocycles. The SMILES string of the molecule is CCN1CCC(CC(=O)N2CCO[C@H](c3cc(Nc4cccc(C)n4)cc(C)n3)C2)CC1. The van der Waals surface area contributed by atoms with Gasteiger partial charge in [-0.3, -0.25) is 9.78 Å². The first-order valence-corrected chi connectivity index (χ1v) is 11.8. The molecular formula is C25H35N5O2. The van der Waals surface area contributed by atoms with Crippen LogP contribution in [-0.2, 0) is 9.53 Å². The molecule has 2 aliphatic rings. The van der Waals surface area contributed by atoms with Crippen LogP contribution >= 0.6 is 0 Å². The standard InChI is InChI=1S/C25H35N5O2/c1-4-29-10-8-20(9-11-29)15-25(31)30-12-13-32-23(17-30)22-16-21(14-19(3)26-22)28-24-7-5-6-18(2)27-24/h5-7,14,16,20,23H,4,8-13,15,17H2,1-3H3,(H,26,27,28)/t23-/m0/s1. The number of aromatic nitrogens is 2. The first-order chi connectivity index (χ1) is 15.5. The summed E-state index contributed by atoms with van der Waals surface area (Å²) in [7, 11) is 0. The van der Waals surface area contributed by atoms with E-state index in [1.165, 1.54) is 0 Å². The molecule has 2 aliphatic heterocycles. The number of aryl methyl sites for hydroxylation is 2. The van der Waals surface area contributed by atoms with Gasteiger partial charge in [-0.15, -0.1) is 0 Å². The third-order valence-electron chi connectivity index (χ3n) is 6.50. The second-order valence-corrected chi connectivity index (χ2v) is 8.99. The second kappa shape index (κ2) is 10.4. The average molecular weight is 438 g/mol. The van der Waals surface area contributed by atoms with Gasteiger partial charge in [0, 0.05) is 30.0 Å². The van der Waals surface area contributed by atoms with Crippen molar-refractivity contribution in [3.8, 4) is 0 Å². The predicted molar refractivity (Wildman–Crippen MR) is 126 cm³/mol. The Hall–Kier alpha value is -2.51. The fraction of sp³-hybridized carbons (Fsp3) is 0.560. The van der Waals surface area contributed by atoms with E-state index in [9.17, 15) is 4.79 Å². The highest BCUT2D eigenvalue weighted by Gasteiger charge is 2.29. The molecule has 1 amide bonds. The fourth-order valence-corrected chi connectivity index (χ4v) is 4.63. The summed E-state index contributed by atoms with van der Waals surface area (Å²) in [6.45, 7) is 11.2. The van der Waals surface area contributed by atoms with Crippen molar-refractivity contribution in [1.82, 2.24) is 19.8 Å². The van der Waals surface area contributed by atoms with Crippen LogP contribution in [0.1, 0.15) is 49.4 Å². The summed E-state index contributed by atoms with van der Waals surface area (Å²) in [5, 5.41) is 3.37. The molecule has 1 atom stereocenters. The average Bonchev–Trinajstić information content (AvgIpc) is 2.79. The maximum absolute atomic E-state index is 13.0. The van der Waals surface area contributed by atoms with Crippen molar-refractivity contribution in [2.24, 2.45) is 5.92 Å². The minimum Gasteiger partial charge on any atom is -0.368 e. The number of piperidine rings is 1. The lowest BCUT2D eigenvalue weighted by Crippen LogP contribution is -2.44. The number of amides is 1. The number of morpholine rings is 1. The summed E-state index contributed by atoms with van der Waals surface area (Å²) in [5.74, 6) is 1.56. The van der Waals surface area contributed by atoms with Crippen molar-refractivity contribution >= 4 is 17.4 Å².